The number of hydrogen-bond donors (Lipinski definition) is 3. The maximum Gasteiger partial charge on any atom is 0.162 e. The molecule has 0 saturated carbocycles. The molecule has 0 amide bonds. The van der Waals surface area contributed by atoms with E-state index in [2.05, 4.69) is 22.9 Å². The van der Waals surface area contributed by atoms with Gasteiger partial charge in [0, 0.05) is 10.0 Å². The lowest BCUT2D eigenvalue weighted by Gasteiger charge is -2.21. The smallest absolute Gasteiger partial charge is 0.162 e. The molecule has 0 spiro atoms. The van der Waals surface area contributed by atoms with Gasteiger partial charge in [-0.2, -0.15) is 0 Å². The Morgan fingerprint density at radius 3 is 2.67 bits per heavy atom. The highest BCUT2D eigenvalue weighted by atomic mass is 79.9. The highest BCUT2D eigenvalue weighted by molar-refractivity contribution is 9.10. The fourth-order valence-corrected chi connectivity index (χ4v) is 2.26. The molecule has 0 heterocycles. The number of halogens is 1. The molecule has 0 radical (unpaired) electrons. The monoisotopic (exact) mass is 317 g/mol. The zero-order valence-corrected chi connectivity index (χ0v) is 12.3. The number of phenols is 1. The van der Waals surface area contributed by atoms with Crippen molar-refractivity contribution in [3.8, 4) is 11.5 Å². The minimum atomic E-state index is -0.671. The lowest BCUT2D eigenvalue weighted by atomic mass is 9.97. The molecular formula is C13H20BrNO3. The van der Waals surface area contributed by atoms with E-state index in [4.69, 9.17) is 10.5 Å². The Morgan fingerprint density at radius 1 is 1.44 bits per heavy atom. The highest BCUT2D eigenvalue weighted by Gasteiger charge is 2.22. The summed E-state index contributed by atoms with van der Waals surface area (Å²) in [6, 6.07) is 2.74. The van der Waals surface area contributed by atoms with Gasteiger partial charge in [0.1, 0.15) is 0 Å². The van der Waals surface area contributed by atoms with Crippen molar-refractivity contribution in [1.82, 2.24) is 0 Å². The Hall–Kier alpha value is -0.780. The van der Waals surface area contributed by atoms with E-state index in [1.807, 2.05) is 0 Å². The Labute approximate surface area is 116 Å². The van der Waals surface area contributed by atoms with Gasteiger partial charge in [-0.15, -0.1) is 0 Å². The van der Waals surface area contributed by atoms with Crippen molar-refractivity contribution in [2.75, 3.05) is 7.11 Å². The van der Waals surface area contributed by atoms with Gasteiger partial charge in [0.2, 0.25) is 0 Å². The van der Waals surface area contributed by atoms with Crippen LogP contribution in [0.25, 0.3) is 0 Å². The lowest BCUT2D eigenvalue weighted by Crippen LogP contribution is -2.26. The second kappa shape index (κ2) is 6.97. The van der Waals surface area contributed by atoms with Gasteiger partial charge in [0.15, 0.2) is 11.5 Å². The molecule has 0 aliphatic carbocycles. The molecule has 1 aromatic carbocycles. The largest absolute Gasteiger partial charge is 0.504 e. The van der Waals surface area contributed by atoms with Gasteiger partial charge in [-0.25, -0.2) is 0 Å². The summed E-state index contributed by atoms with van der Waals surface area (Å²) in [4.78, 5) is 0. The van der Waals surface area contributed by atoms with Crippen LogP contribution in [0, 0.1) is 0 Å². The van der Waals surface area contributed by atoms with Crippen LogP contribution in [0.2, 0.25) is 0 Å². The van der Waals surface area contributed by atoms with Crippen molar-refractivity contribution in [2.45, 2.75) is 38.3 Å². The van der Waals surface area contributed by atoms with Crippen molar-refractivity contribution in [1.29, 1.82) is 0 Å². The summed E-state index contributed by atoms with van der Waals surface area (Å²) in [5.41, 5.74) is 6.48. The maximum absolute atomic E-state index is 10.0. The molecule has 0 fully saturated rings. The van der Waals surface area contributed by atoms with Crippen LogP contribution in [-0.4, -0.2) is 23.4 Å². The number of aliphatic hydroxyl groups excluding tert-OH is 1. The molecule has 0 aliphatic heterocycles. The molecular weight excluding hydrogens is 298 g/mol. The fraction of sp³-hybridized carbons (Fsp3) is 0.538. The quantitative estimate of drug-likeness (QED) is 0.754. The van der Waals surface area contributed by atoms with Gasteiger partial charge in [-0.3, -0.25) is 0 Å². The van der Waals surface area contributed by atoms with Gasteiger partial charge in [0.25, 0.3) is 0 Å². The van der Waals surface area contributed by atoms with Crippen molar-refractivity contribution in [2.24, 2.45) is 5.73 Å². The molecule has 102 valence electrons. The number of methoxy groups -OCH3 is 1. The van der Waals surface area contributed by atoms with E-state index in [9.17, 15) is 10.2 Å². The molecule has 2 atom stereocenters. The van der Waals surface area contributed by atoms with Crippen LogP contribution >= 0.6 is 15.9 Å². The zero-order chi connectivity index (χ0) is 13.7. The van der Waals surface area contributed by atoms with Gasteiger partial charge < -0.3 is 20.7 Å². The summed E-state index contributed by atoms with van der Waals surface area (Å²) >= 11 is 3.33. The lowest BCUT2D eigenvalue weighted by molar-refractivity contribution is 0.131. The number of aliphatic hydroxyl groups is 1. The van der Waals surface area contributed by atoms with Crippen LogP contribution in [0.1, 0.15) is 37.8 Å². The van der Waals surface area contributed by atoms with Crippen LogP contribution < -0.4 is 10.5 Å². The fourth-order valence-electron chi connectivity index (χ4n) is 1.80. The summed E-state index contributed by atoms with van der Waals surface area (Å²) in [6.07, 6.45) is 1.85. The molecule has 1 aromatic rings. The Kier molecular flexibility index (Phi) is 5.91. The Balaban J connectivity index is 2.97. The van der Waals surface area contributed by atoms with E-state index in [0.29, 0.717) is 17.7 Å². The number of unbranched alkanes of at least 4 members (excludes halogenated alkanes) is 1. The van der Waals surface area contributed by atoms with Crippen LogP contribution in [0.3, 0.4) is 0 Å². The van der Waals surface area contributed by atoms with E-state index in [-0.39, 0.29) is 5.75 Å². The molecule has 4 N–H and O–H groups in total. The van der Waals surface area contributed by atoms with E-state index in [1.165, 1.54) is 7.11 Å². The first kappa shape index (κ1) is 15.3. The summed E-state index contributed by atoms with van der Waals surface area (Å²) in [6.45, 7) is 2.05. The molecule has 18 heavy (non-hydrogen) atoms. The topological polar surface area (TPSA) is 75.7 Å². The third kappa shape index (κ3) is 3.60. The first-order valence-electron chi connectivity index (χ1n) is 6.01. The second-order valence-corrected chi connectivity index (χ2v) is 5.20. The van der Waals surface area contributed by atoms with Crippen LogP contribution in [0.15, 0.2) is 16.6 Å². The number of benzene rings is 1. The molecule has 5 heteroatoms. The minimum Gasteiger partial charge on any atom is -0.504 e. The maximum atomic E-state index is 10.0. The van der Waals surface area contributed by atoms with Crippen LogP contribution in [-0.2, 0) is 0 Å². The van der Waals surface area contributed by atoms with Gasteiger partial charge in [0.05, 0.1) is 19.3 Å². The molecule has 1 rings (SSSR count). The summed E-state index contributed by atoms with van der Waals surface area (Å²) in [5, 5.41) is 20.0. The summed E-state index contributed by atoms with van der Waals surface area (Å²) < 4.78 is 5.82. The molecule has 0 aromatic heterocycles. The van der Waals surface area contributed by atoms with E-state index in [1.54, 1.807) is 12.1 Å². The molecule has 0 bridgehead atoms. The van der Waals surface area contributed by atoms with Crippen molar-refractivity contribution in [3.05, 3.63) is 22.2 Å². The average Bonchev–Trinajstić information content (AvgIpc) is 2.37. The third-order valence-electron chi connectivity index (χ3n) is 2.92. The van der Waals surface area contributed by atoms with E-state index >= 15 is 0 Å². The molecule has 0 unspecified atom stereocenters. The number of ether oxygens (including phenoxy) is 1. The number of rotatable bonds is 6. The molecule has 4 nitrogen and oxygen atoms in total. The van der Waals surface area contributed by atoms with Gasteiger partial charge in [-0.05, 0) is 18.6 Å². The van der Waals surface area contributed by atoms with Gasteiger partial charge in [-0.1, -0.05) is 35.7 Å². The minimum absolute atomic E-state index is 0.0104. The van der Waals surface area contributed by atoms with Crippen LogP contribution in [0.5, 0.6) is 11.5 Å². The first-order chi connectivity index (χ1) is 8.51. The zero-order valence-electron chi connectivity index (χ0n) is 10.7. The van der Waals surface area contributed by atoms with Crippen molar-refractivity contribution in [3.63, 3.8) is 0 Å². The summed E-state index contributed by atoms with van der Waals surface area (Å²) in [7, 11) is 1.48. The van der Waals surface area contributed by atoms with E-state index < -0.39 is 12.1 Å². The predicted molar refractivity (Wildman–Crippen MR) is 74.8 cm³/mol. The molecule has 0 saturated heterocycles. The van der Waals surface area contributed by atoms with E-state index in [0.717, 1.165) is 17.3 Å². The SMILES string of the molecule is CCCC[C@H](O)[C@H](N)c1cc(Br)cc(OC)c1O. The number of aromatic hydroxyl groups is 1. The third-order valence-corrected chi connectivity index (χ3v) is 3.37. The first-order valence-corrected chi connectivity index (χ1v) is 6.80. The molecule has 0 aliphatic rings. The predicted octanol–water partition coefficient (Wildman–Crippen LogP) is 2.71. The second-order valence-electron chi connectivity index (χ2n) is 4.28. The standard InChI is InChI=1S/C13H20BrNO3/c1-3-4-5-10(16)12(15)9-6-8(14)7-11(18-2)13(9)17/h6-7,10,12,16-17H,3-5,15H2,1-2H3/t10-,12+/m0/s1. The van der Waals surface area contributed by atoms with Crippen molar-refractivity contribution >= 4 is 15.9 Å². The Bertz CT molecular complexity index is 398. The highest BCUT2D eigenvalue weighted by Crippen LogP contribution is 2.37. The Morgan fingerprint density at radius 2 is 2.11 bits per heavy atom. The number of nitrogens with two attached hydrogens (primary N) is 1. The van der Waals surface area contributed by atoms with Crippen molar-refractivity contribution < 1.29 is 14.9 Å². The summed E-state index contributed by atoms with van der Waals surface area (Å²) in [5.74, 6) is 0.335. The van der Waals surface area contributed by atoms with Crippen LogP contribution in [0.4, 0.5) is 0 Å². The normalized spacial score (nSPS) is 14.3. The van der Waals surface area contributed by atoms with Gasteiger partial charge >= 0.3 is 0 Å². The average molecular weight is 318 g/mol. The number of phenolic OH excluding ortho intramolecular Hbond substituents is 1. The number of hydrogen-bond acceptors (Lipinski definition) is 4.